The summed E-state index contributed by atoms with van der Waals surface area (Å²) < 4.78 is 6.36. The van der Waals surface area contributed by atoms with Gasteiger partial charge in [0.15, 0.2) is 8.32 Å². The first-order valence-corrected chi connectivity index (χ1v) is 10.1. The Balaban J connectivity index is 4.59. The van der Waals surface area contributed by atoms with Crippen LogP contribution in [0.2, 0.25) is 18.1 Å². The van der Waals surface area contributed by atoms with Crippen molar-refractivity contribution < 1.29 is 4.43 Å². The van der Waals surface area contributed by atoms with E-state index in [1.54, 1.807) is 0 Å². The van der Waals surface area contributed by atoms with Crippen LogP contribution >= 0.6 is 0 Å². The highest BCUT2D eigenvalue weighted by atomic mass is 28.4. The second-order valence-corrected chi connectivity index (χ2v) is 12.3. The summed E-state index contributed by atoms with van der Waals surface area (Å²) in [6, 6.07) is 0. The largest absolute Gasteiger partial charge is 0.405 e. The van der Waals surface area contributed by atoms with Gasteiger partial charge in [-0.15, -0.1) is 12.3 Å². The van der Waals surface area contributed by atoms with Crippen molar-refractivity contribution in [3.8, 4) is 0 Å². The smallest absolute Gasteiger partial charge is 0.193 e. The van der Waals surface area contributed by atoms with Gasteiger partial charge in [-0.05, 0) is 32.2 Å². The summed E-state index contributed by atoms with van der Waals surface area (Å²) in [5.74, 6) is 0.309. The summed E-state index contributed by atoms with van der Waals surface area (Å²) in [7, 11) is 2.21. The van der Waals surface area contributed by atoms with E-state index in [2.05, 4.69) is 65.1 Å². The van der Waals surface area contributed by atoms with E-state index >= 15 is 0 Å². The zero-order valence-corrected chi connectivity index (χ0v) is 13.8. The van der Waals surface area contributed by atoms with E-state index in [0.29, 0.717) is 5.85 Å². The van der Waals surface area contributed by atoms with Crippen molar-refractivity contribution >= 4 is 17.8 Å². The molecule has 0 N–H and O–H groups in total. The molecular weight excluding hydrogens is 218 g/mol. The second kappa shape index (κ2) is 5.43. The van der Waals surface area contributed by atoms with E-state index in [1.165, 1.54) is 0 Å². The van der Waals surface area contributed by atoms with Crippen molar-refractivity contribution in [1.82, 2.24) is 4.90 Å². The molecule has 0 rings (SSSR count). The summed E-state index contributed by atoms with van der Waals surface area (Å²) in [4.78, 5) is 2.19. The Kier molecular flexibility index (Phi) is 5.46. The van der Waals surface area contributed by atoms with Crippen molar-refractivity contribution in [3.05, 3.63) is 12.3 Å². The van der Waals surface area contributed by atoms with Crippen LogP contribution in [-0.2, 0) is 4.43 Å². The number of nitrogens with zero attached hydrogens (tertiary/aromatic N) is 1. The molecule has 0 heterocycles. The van der Waals surface area contributed by atoms with Crippen LogP contribution < -0.4 is 0 Å². The summed E-state index contributed by atoms with van der Waals surface area (Å²) in [5.41, 5.74) is 2.07. The van der Waals surface area contributed by atoms with Gasteiger partial charge in [-0.3, -0.25) is 4.90 Å². The maximum absolute atomic E-state index is 6.36. The third kappa shape index (κ3) is 4.63. The SMILES string of the molecule is C=C[SiH2]C(O[Si](C)(C)C(C)(C)C)N(C)C. The Morgan fingerprint density at radius 1 is 1.33 bits per heavy atom. The lowest BCUT2D eigenvalue weighted by Crippen LogP contribution is -2.49. The van der Waals surface area contributed by atoms with Crippen LogP contribution in [0.15, 0.2) is 12.3 Å². The molecular formula is C11H27NOSi2. The zero-order chi connectivity index (χ0) is 12.3. The third-order valence-electron chi connectivity index (χ3n) is 3.18. The highest BCUT2D eigenvalue weighted by Crippen LogP contribution is 2.37. The molecule has 0 amide bonds. The minimum Gasteiger partial charge on any atom is -0.405 e. The van der Waals surface area contributed by atoms with Crippen LogP contribution in [0.5, 0.6) is 0 Å². The second-order valence-electron chi connectivity index (χ2n) is 5.82. The fraction of sp³-hybridized carbons (Fsp3) is 0.818. The molecule has 0 bridgehead atoms. The molecule has 0 fully saturated rings. The average molecular weight is 246 g/mol. The molecule has 0 aromatic rings. The molecule has 1 unspecified atom stereocenters. The minimum absolute atomic E-state index is 0.289. The highest BCUT2D eigenvalue weighted by molar-refractivity contribution is 6.74. The Hall–Kier alpha value is 0.0938. The van der Waals surface area contributed by atoms with Gasteiger partial charge >= 0.3 is 0 Å². The van der Waals surface area contributed by atoms with Gasteiger partial charge in [0.05, 0.1) is 15.4 Å². The first kappa shape index (κ1) is 15.1. The van der Waals surface area contributed by atoms with Crippen LogP contribution in [0.3, 0.4) is 0 Å². The Labute approximate surface area is 98.7 Å². The quantitative estimate of drug-likeness (QED) is 0.544. The van der Waals surface area contributed by atoms with Crippen LogP contribution in [0, 0.1) is 0 Å². The first-order chi connectivity index (χ1) is 6.62. The van der Waals surface area contributed by atoms with Gasteiger partial charge in [0.1, 0.15) is 0 Å². The predicted octanol–water partition coefficient (Wildman–Crippen LogP) is 2.17. The maximum Gasteiger partial charge on any atom is 0.193 e. The average Bonchev–Trinajstić information content (AvgIpc) is 2.00. The van der Waals surface area contributed by atoms with Crippen LogP contribution in [0.25, 0.3) is 0 Å². The number of hydrogen-bond donors (Lipinski definition) is 0. The molecule has 0 aliphatic heterocycles. The van der Waals surface area contributed by atoms with E-state index < -0.39 is 8.32 Å². The predicted molar refractivity (Wildman–Crippen MR) is 74.5 cm³/mol. The standard InChI is InChI=1S/C11H27NOSi2/c1-9-14-10(12(5)6)13-15(7,8)11(2,3)4/h9-10H,1,14H2,2-8H3. The molecule has 1 atom stereocenters. The minimum atomic E-state index is -1.62. The molecule has 0 aromatic carbocycles. The van der Waals surface area contributed by atoms with Crippen molar-refractivity contribution in [2.24, 2.45) is 0 Å². The molecule has 2 nitrogen and oxygen atoms in total. The molecule has 0 aliphatic rings. The van der Waals surface area contributed by atoms with Gasteiger partial charge in [0.25, 0.3) is 0 Å². The van der Waals surface area contributed by atoms with Crippen molar-refractivity contribution in [2.75, 3.05) is 14.1 Å². The van der Waals surface area contributed by atoms with Crippen molar-refractivity contribution in [1.29, 1.82) is 0 Å². The fourth-order valence-corrected chi connectivity index (χ4v) is 4.61. The normalized spacial score (nSPS) is 16.3. The van der Waals surface area contributed by atoms with Crippen LogP contribution in [0.1, 0.15) is 20.8 Å². The molecule has 90 valence electrons. The molecule has 0 radical (unpaired) electrons. The molecule has 0 saturated carbocycles. The van der Waals surface area contributed by atoms with E-state index in [1.807, 2.05) is 0 Å². The topological polar surface area (TPSA) is 12.5 Å². The lowest BCUT2D eigenvalue weighted by molar-refractivity contribution is 0.120. The zero-order valence-electron chi connectivity index (χ0n) is 11.4. The summed E-state index contributed by atoms with van der Waals surface area (Å²) >= 11 is 0. The van der Waals surface area contributed by atoms with Crippen LogP contribution in [-0.4, -0.2) is 42.7 Å². The molecule has 0 spiro atoms. The molecule has 15 heavy (non-hydrogen) atoms. The van der Waals surface area contributed by atoms with Gasteiger partial charge in [-0.2, -0.15) is 0 Å². The van der Waals surface area contributed by atoms with Gasteiger partial charge in [-0.25, -0.2) is 0 Å². The lowest BCUT2D eigenvalue weighted by atomic mass is 10.2. The number of hydrogen-bond acceptors (Lipinski definition) is 2. The molecule has 0 aromatic heterocycles. The van der Waals surface area contributed by atoms with Crippen LogP contribution in [0.4, 0.5) is 0 Å². The van der Waals surface area contributed by atoms with E-state index in [-0.39, 0.29) is 14.6 Å². The van der Waals surface area contributed by atoms with E-state index in [4.69, 9.17) is 4.43 Å². The van der Waals surface area contributed by atoms with E-state index in [9.17, 15) is 0 Å². The lowest BCUT2D eigenvalue weighted by Gasteiger charge is -2.40. The summed E-state index contributed by atoms with van der Waals surface area (Å²) in [6.07, 6.45) is 0. The first-order valence-electron chi connectivity index (χ1n) is 5.57. The number of rotatable bonds is 5. The Morgan fingerprint density at radius 3 is 2.07 bits per heavy atom. The van der Waals surface area contributed by atoms with Crippen molar-refractivity contribution in [3.63, 3.8) is 0 Å². The fourth-order valence-electron chi connectivity index (χ4n) is 1.02. The monoisotopic (exact) mass is 245 g/mol. The van der Waals surface area contributed by atoms with E-state index in [0.717, 1.165) is 0 Å². The summed E-state index contributed by atoms with van der Waals surface area (Å²) in [5, 5.41) is 0.289. The van der Waals surface area contributed by atoms with Gasteiger partial charge in [0, 0.05) is 0 Å². The Bertz CT molecular complexity index is 209. The summed E-state index contributed by atoms with van der Waals surface area (Å²) in [6.45, 7) is 15.3. The Morgan fingerprint density at radius 2 is 1.80 bits per heavy atom. The molecule has 0 aliphatic carbocycles. The van der Waals surface area contributed by atoms with Gasteiger partial charge < -0.3 is 4.43 Å². The van der Waals surface area contributed by atoms with Gasteiger partial charge in [0.2, 0.25) is 0 Å². The maximum atomic E-state index is 6.36. The van der Waals surface area contributed by atoms with Crippen molar-refractivity contribution in [2.45, 2.75) is 44.8 Å². The molecule has 4 heteroatoms. The highest BCUT2D eigenvalue weighted by Gasteiger charge is 2.39. The van der Waals surface area contributed by atoms with Gasteiger partial charge in [-0.1, -0.05) is 20.8 Å². The third-order valence-corrected chi connectivity index (χ3v) is 9.62. The molecule has 0 saturated heterocycles.